The van der Waals surface area contributed by atoms with Crippen LogP contribution >= 0.6 is 0 Å². The normalized spacial score (nSPS) is 12.8. The summed E-state index contributed by atoms with van der Waals surface area (Å²) >= 11 is 0. The summed E-state index contributed by atoms with van der Waals surface area (Å²) in [5, 5.41) is 0. The molecule has 0 spiro atoms. The molecule has 0 aromatic heterocycles. The van der Waals surface area contributed by atoms with Crippen LogP contribution in [0.4, 0.5) is 0 Å². The van der Waals surface area contributed by atoms with E-state index in [4.69, 9.17) is 4.74 Å². The van der Waals surface area contributed by atoms with E-state index < -0.39 is 0 Å². The Morgan fingerprint density at radius 3 is 2.73 bits per heavy atom. The second-order valence-electron chi connectivity index (χ2n) is 2.61. The molecule has 0 unspecified atom stereocenters. The molecule has 0 amide bonds. The number of rotatable bonds is 5. The molecule has 0 rings (SSSR count). The minimum atomic E-state index is 0.738. The quantitative estimate of drug-likeness (QED) is 0.553. The SMILES string of the molecule is C/C=C\CC/C(C)=C/COC. The minimum Gasteiger partial charge on any atom is -0.381 e. The first-order valence-corrected chi connectivity index (χ1v) is 4.07. The zero-order valence-corrected chi connectivity index (χ0v) is 7.76. The van der Waals surface area contributed by atoms with E-state index in [2.05, 4.69) is 25.2 Å². The molecular formula is C10H18O. The summed E-state index contributed by atoms with van der Waals surface area (Å²) in [4.78, 5) is 0. The maximum atomic E-state index is 4.92. The van der Waals surface area contributed by atoms with Crippen molar-refractivity contribution in [2.45, 2.75) is 26.7 Å². The van der Waals surface area contributed by atoms with E-state index >= 15 is 0 Å². The van der Waals surface area contributed by atoms with Gasteiger partial charge in [0.1, 0.15) is 0 Å². The first-order valence-electron chi connectivity index (χ1n) is 4.07. The Balaban J connectivity index is 3.42. The van der Waals surface area contributed by atoms with Crippen LogP contribution in [0.3, 0.4) is 0 Å². The Morgan fingerprint density at radius 2 is 2.18 bits per heavy atom. The van der Waals surface area contributed by atoms with Gasteiger partial charge in [0, 0.05) is 7.11 Å². The van der Waals surface area contributed by atoms with Gasteiger partial charge in [-0.1, -0.05) is 23.8 Å². The molecule has 0 N–H and O–H groups in total. The van der Waals surface area contributed by atoms with Gasteiger partial charge in [-0.05, 0) is 26.7 Å². The molecule has 0 aliphatic rings. The average molecular weight is 154 g/mol. The van der Waals surface area contributed by atoms with Gasteiger partial charge >= 0.3 is 0 Å². The fourth-order valence-corrected chi connectivity index (χ4v) is 0.805. The number of hydrogen-bond donors (Lipinski definition) is 0. The van der Waals surface area contributed by atoms with Gasteiger partial charge in [0.15, 0.2) is 0 Å². The molecule has 0 bridgehead atoms. The highest BCUT2D eigenvalue weighted by molar-refractivity contribution is 4.99. The molecule has 0 heterocycles. The highest BCUT2D eigenvalue weighted by Gasteiger charge is 1.85. The van der Waals surface area contributed by atoms with Crippen molar-refractivity contribution in [1.82, 2.24) is 0 Å². The van der Waals surface area contributed by atoms with Gasteiger partial charge in [-0.2, -0.15) is 0 Å². The summed E-state index contributed by atoms with van der Waals surface area (Å²) in [5.41, 5.74) is 1.41. The van der Waals surface area contributed by atoms with Crippen LogP contribution in [0.5, 0.6) is 0 Å². The van der Waals surface area contributed by atoms with E-state index in [1.54, 1.807) is 7.11 Å². The van der Waals surface area contributed by atoms with Crippen LogP contribution in [0.15, 0.2) is 23.8 Å². The number of methoxy groups -OCH3 is 1. The smallest absolute Gasteiger partial charge is 0.0646 e. The van der Waals surface area contributed by atoms with Crippen LogP contribution < -0.4 is 0 Å². The zero-order valence-electron chi connectivity index (χ0n) is 7.76. The van der Waals surface area contributed by atoms with Crippen molar-refractivity contribution in [1.29, 1.82) is 0 Å². The maximum Gasteiger partial charge on any atom is 0.0646 e. The lowest BCUT2D eigenvalue weighted by Gasteiger charge is -1.96. The summed E-state index contributed by atoms with van der Waals surface area (Å²) in [6.45, 7) is 4.93. The lowest BCUT2D eigenvalue weighted by atomic mass is 10.1. The summed E-state index contributed by atoms with van der Waals surface area (Å²) < 4.78 is 4.92. The van der Waals surface area contributed by atoms with E-state index in [0.29, 0.717) is 0 Å². The fourth-order valence-electron chi connectivity index (χ4n) is 0.805. The molecule has 0 aromatic carbocycles. The van der Waals surface area contributed by atoms with Gasteiger partial charge in [0.2, 0.25) is 0 Å². The van der Waals surface area contributed by atoms with Crippen molar-refractivity contribution in [3.05, 3.63) is 23.8 Å². The van der Waals surface area contributed by atoms with Gasteiger partial charge in [0.05, 0.1) is 6.61 Å². The Kier molecular flexibility index (Phi) is 7.16. The van der Waals surface area contributed by atoms with E-state index in [9.17, 15) is 0 Å². The molecule has 0 saturated carbocycles. The molecule has 0 radical (unpaired) electrons. The zero-order chi connectivity index (χ0) is 8.53. The predicted octanol–water partition coefficient (Wildman–Crippen LogP) is 2.94. The van der Waals surface area contributed by atoms with Crippen molar-refractivity contribution in [2.24, 2.45) is 0 Å². The first-order chi connectivity index (χ1) is 5.31. The van der Waals surface area contributed by atoms with Gasteiger partial charge in [-0.3, -0.25) is 0 Å². The second-order valence-corrected chi connectivity index (χ2v) is 2.61. The van der Waals surface area contributed by atoms with Crippen LogP contribution in [-0.2, 0) is 4.74 Å². The third-order valence-electron chi connectivity index (χ3n) is 1.54. The molecule has 0 aliphatic heterocycles. The van der Waals surface area contributed by atoms with E-state index in [1.807, 2.05) is 6.92 Å². The third-order valence-corrected chi connectivity index (χ3v) is 1.54. The highest BCUT2D eigenvalue weighted by atomic mass is 16.5. The van der Waals surface area contributed by atoms with Crippen molar-refractivity contribution >= 4 is 0 Å². The molecular weight excluding hydrogens is 136 g/mol. The highest BCUT2D eigenvalue weighted by Crippen LogP contribution is 2.03. The second kappa shape index (κ2) is 7.55. The lowest BCUT2D eigenvalue weighted by Crippen LogP contribution is -1.84. The van der Waals surface area contributed by atoms with Crippen LogP contribution in [-0.4, -0.2) is 13.7 Å². The molecule has 64 valence electrons. The van der Waals surface area contributed by atoms with Gasteiger partial charge in [0.25, 0.3) is 0 Å². The van der Waals surface area contributed by atoms with Crippen molar-refractivity contribution in [3.8, 4) is 0 Å². The Bertz CT molecular complexity index is 134. The minimum absolute atomic E-state index is 0.738. The summed E-state index contributed by atoms with van der Waals surface area (Å²) in [5.74, 6) is 0. The van der Waals surface area contributed by atoms with Crippen molar-refractivity contribution in [3.63, 3.8) is 0 Å². The molecule has 0 aromatic rings. The average Bonchev–Trinajstić information content (AvgIpc) is 2.01. The Labute approximate surface area is 69.8 Å². The largest absolute Gasteiger partial charge is 0.381 e. The van der Waals surface area contributed by atoms with Crippen LogP contribution in [0.25, 0.3) is 0 Å². The van der Waals surface area contributed by atoms with Crippen LogP contribution in [0.2, 0.25) is 0 Å². The molecule has 11 heavy (non-hydrogen) atoms. The maximum absolute atomic E-state index is 4.92. The molecule has 1 heteroatoms. The molecule has 0 aliphatic carbocycles. The summed E-state index contributed by atoms with van der Waals surface area (Å²) in [6.07, 6.45) is 8.69. The molecule has 0 saturated heterocycles. The van der Waals surface area contributed by atoms with E-state index in [1.165, 1.54) is 5.57 Å². The summed E-state index contributed by atoms with van der Waals surface area (Å²) in [6, 6.07) is 0. The predicted molar refractivity (Wildman–Crippen MR) is 49.7 cm³/mol. The lowest BCUT2D eigenvalue weighted by molar-refractivity contribution is 0.233. The van der Waals surface area contributed by atoms with E-state index in [0.717, 1.165) is 19.4 Å². The number of hydrogen-bond acceptors (Lipinski definition) is 1. The molecule has 0 atom stereocenters. The Hall–Kier alpha value is -0.560. The van der Waals surface area contributed by atoms with Crippen LogP contribution in [0, 0.1) is 0 Å². The van der Waals surface area contributed by atoms with Crippen molar-refractivity contribution in [2.75, 3.05) is 13.7 Å². The van der Waals surface area contributed by atoms with Gasteiger partial charge in [-0.15, -0.1) is 0 Å². The number of ether oxygens (including phenoxy) is 1. The van der Waals surface area contributed by atoms with Gasteiger partial charge in [-0.25, -0.2) is 0 Å². The third kappa shape index (κ3) is 7.34. The molecule has 0 fully saturated rings. The fraction of sp³-hybridized carbons (Fsp3) is 0.600. The molecule has 1 nitrogen and oxygen atoms in total. The topological polar surface area (TPSA) is 9.23 Å². The van der Waals surface area contributed by atoms with E-state index in [-0.39, 0.29) is 0 Å². The standard InChI is InChI=1S/C10H18O/c1-4-5-6-7-10(2)8-9-11-3/h4-5,8H,6-7,9H2,1-3H3/b5-4-,10-8+. The monoisotopic (exact) mass is 154 g/mol. The van der Waals surface area contributed by atoms with Crippen molar-refractivity contribution < 1.29 is 4.74 Å². The number of allylic oxidation sites excluding steroid dienone is 3. The first kappa shape index (κ1) is 10.4. The Morgan fingerprint density at radius 1 is 1.45 bits per heavy atom. The van der Waals surface area contributed by atoms with Crippen LogP contribution in [0.1, 0.15) is 26.7 Å². The summed E-state index contributed by atoms with van der Waals surface area (Å²) in [7, 11) is 1.72. The van der Waals surface area contributed by atoms with Gasteiger partial charge < -0.3 is 4.74 Å².